The molecule has 2 aliphatic rings. The van der Waals surface area contributed by atoms with Gasteiger partial charge in [0.2, 0.25) is 10.0 Å². The Morgan fingerprint density at radius 2 is 1.54 bits per heavy atom. The lowest BCUT2D eigenvalue weighted by Crippen LogP contribution is -3.19. The Kier molecular flexibility index (Phi) is 6.32. The van der Waals surface area contributed by atoms with Gasteiger partial charge in [0.1, 0.15) is 0 Å². The van der Waals surface area contributed by atoms with Crippen LogP contribution in [0.4, 0.5) is 0 Å². The van der Waals surface area contributed by atoms with Crippen LogP contribution in [0.5, 0.6) is 0 Å². The SMILES string of the molecule is C[C@@H](C(=O)N1CCCCCC1)[NH+]1CCN(S(=O)(=O)c2ccccc2)CC1. The van der Waals surface area contributed by atoms with Crippen LogP contribution >= 0.6 is 0 Å². The first kappa shape index (κ1) is 19.3. The molecule has 2 heterocycles. The maximum absolute atomic E-state index is 12.8. The van der Waals surface area contributed by atoms with Gasteiger partial charge < -0.3 is 9.80 Å². The lowest BCUT2D eigenvalue weighted by atomic mass is 10.2. The van der Waals surface area contributed by atoms with E-state index >= 15 is 0 Å². The normalized spacial score (nSPS) is 22.0. The molecule has 1 aromatic carbocycles. The van der Waals surface area contributed by atoms with Crippen LogP contribution in [0.3, 0.4) is 0 Å². The highest BCUT2D eigenvalue weighted by molar-refractivity contribution is 7.89. The fourth-order valence-electron chi connectivity index (χ4n) is 3.93. The van der Waals surface area contributed by atoms with Crippen molar-refractivity contribution in [1.82, 2.24) is 9.21 Å². The van der Waals surface area contributed by atoms with E-state index in [4.69, 9.17) is 0 Å². The quantitative estimate of drug-likeness (QED) is 0.821. The molecule has 6 nitrogen and oxygen atoms in total. The molecule has 0 aromatic heterocycles. The van der Waals surface area contributed by atoms with Crippen LogP contribution in [-0.4, -0.2) is 68.8 Å². The third-order valence-electron chi connectivity index (χ3n) is 5.65. The molecule has 0 aliphatic carbocycles. The second-order valence-electron chi connectivity index (χ2n) is 7.34. The van der Waals surface area contributed by atoms with Crippen LogP contribution in [0, 0.1) is 0 Å². The lowest BCUT2D eigenvalue weighted by Gasteiger charge is -2.35. The minimum absolute atomic E-state index is 0.102. The summed E-state index contributed by atoms with van der Waals surface area (Å²) in [7, 11) is -3.43. The van der Waals surface area contributed by atoms with Crippen LogP contribution < -0.4 is 4.90 Å². The molecule has 0 spiro atoms. The van der Waals surface area contributed by atoms with E-state index < -0.39 is 10.0 Å². The van der Waals surface area contributed by atoms with Crippen molar-refractivity contribution in [3.05, 3.63) is 30.3 Å². The van der Waals surface area contributed by atoms with Gasteiger partial charge in [-0.2, -0.15) is 4.31 Å². The number of carbonyl (C=O) groups excluding carboxylic acids is 1. The molecular weight excluding hydrogens is 350 g/mol. The zero-order chi connectivity index (χ0) is 18.6. The largest absolute Gasteiger partial charge is 0.338 e. The van der Waals surface area contributed by atoms with Crippen LogP contribution in [0.15, 0.2) is 35.2 Å². The Labute approximate surface area is 156 Å². The summed E-state index contributed by atoms with van der Waals surface area (Å²) in [6.45, 7) is 5.99. The minimum Gasteiger partial charge on any atom is -0.338 e. The lowest BCUT2D eigenvalue weighted by molar-refractivity contribution is -0.918. The number of quaternary nitrogens is 1. The van der Waals surface area contributed by atoms with Crippen molar-refractivity contribution in [2.24, 2.45) is 0 Å². The number of rotatable bonds is 4. The molecule has 26 heavy (non-hydrogen) atoms. The Morgan fingerprint density at radius 3 is 2.12 bits per heavy atom. The molecule has 1 N–H and O–H groups in total. The smallest absolute Gasteiger partial charge is 0.280 e. The maximum atomic E-state index is 12.8. The monoisotopic (exact) mass is 380 g/mol. The molecule has 0 radical (unpaired) electrons. The first-order chi connectivity index (χ1) is 12.5. The van der Waals surface area contributed by atoms with E-state index in [9.17, 15) is 13.2 Å². The fraction of sp³-hybridized carbons (Fsp3) is 0.632. The highest BCUT2D eigenvalue weighted by Crippen LogP contribution is 2.15. The van der Waals surface area contributed by atoms with E-state index in [-0.39, 0.29) is 11.9 Å². The summed E-state index contributed by atoms with van der Waals surface area (Å²) in [5.74, 6) is 0.223. The molecule has 2 fully saturated rings. The minimum atomic E-state index is -3.43. The number of amides is 1. The van der Waals surface area contributed by atoms with Crippen molar-refractivity contribution in [3.63, 3.8) is 0 Å². The molecule has 144 valence electrons. The highest BCUT2D eigenvalue weighted by atomic mass is 32.2. The Hall–Kier alpha value is -1.44. The second kappa shape index (κ2) is 8.50. The number of benzene rings is 1. The van der Waals surface area contributed by atoms with Gasteiger partial charge in [-0.05, 0) is 31.9 Å². The van der Waals surface area contributed by atoms with Crippen molar-refractivity contribution in [2.75, 3.05) is 39.3 Å². The summed E-state index contributed by atoms with van der Waals surface area (Å²) in [6.07, 6.45) is 4.61. The van der Waals surface area contributed by atoms with Gasteiger partial charge in [-0.15, -0.1) is 0 Å². The summed E-state index contributed by atoms with van der Waals surface area (Å²) < 4.78 is 27.0. The van der Waals surface area contributed by atoms with Crippen LogP contribution in [0.1, 0.15) is 32.6 Å². The van der Waals surface area contributed by atoms with E-state index in [1.165, 1.54) is 17.7 Å². The van der Waals surface area contributed by atoms with Gasteiger partial charge in [-0.1, -0.05) is 31.0 Å². The van der Waals surface area contributed by atoms with Crippen LogP contribution in [0.25, 0.3) is 0 Å². The molecule has 7 heteroatoms. The van der Waals surface area contributed by atoms with Gasteiger partial charge in [0.25, 0.3) is 5.91 Å². The zero-order valence-electron chi connectivity index (χ0n) is 15.6. The number of nitrogens with zero attached hydrogens (tertiary/aromatic N) is 2. The molecule has 0 bridgehead atoms. The number of likely N-dealkylation sites (tertiary alicyclic amines) is 1. The molecule has 1 aromatic rings. The van der Waals surface area contributed by atoms with Gasteiger partial charge in [0.05, 0.1) is 31.1 Å². The fourth-order valence-corrected chi connectivity index (χ4v) is 5.39. The standard InChI is InChI=1S/C19H29N3O3S/c1-17(19(23)21-11-7-2-3-8-12-21)20-13-15-22(16-14-20)26(24,25)18-9-5-4-6-10-18/h4-6,9-10,17H,2-3,7-8,11-16H2,1H3/p+1/t17-/m0/s1. The Morgan fingerprint density at radius 1 is 0.962 bits per heavy atom. The van der Waals surface area contributed by atoms with Crippen LogP contribution in [0.2, 0.25) is 0 Å². The van der Waals surface area contributed by atoms with E-state index in [0.717, 1.165) is 25.9 Å². The first-order valence-corrected chi connectivity index (χ1v) is 11.1. The van der Waals surface area contributed by atoms with Crippen molar-refractivity contribution in [3.8, 4) is 0 Å². The summed E-state index contributed by atoms with van der Waals surface area (Å²) in [6, 6.07) is 8.49. The third-order valence-corrected chi connectivity index (χ3v) is 7.56. The number of piperazine rings is 1. The predicted molar refractivity (Wildman–Crippen MR) is 100 cm³/mol. The predicted octanol–water partition coefficient (Wildman–Crippen LogP) is 0.367. The summed E-state index contributed by atoms with van der Waals surface area (Å²) in [5, 5.41) is 0. The van der Waals surface area contributed by atoms with Gasteiger partial charge in [0.15, 0.2) is 6.04 Å². The molecule has 3 rings (SSSR count). The average Bonchev–Trinajstić information content (AvgIpc) is 2.97. The topological polar surface area (TPSA) is 62.1 Å². The van der Waals surface area contributed by atoms with E-state index in [1.54, 1.807) is 28.6 Å². The van der Waals surface area contributed by atoms with Gasteiger partial charge in [-0.3, -0.25) is 4.79 Å². The van der Waals surface area contributed by atoms with E-state index in [2.05, 4.69) is 0 Å². The van der Waals surface area contributed by atoms with Crippen LogP contribution in [-0.2, 0) is 14.8 Å². The van der Waals surface area contributed by atoms with Crippen molar-refractivity contribution in [1.29, 1.82) is 0 Å². The van der Waals surface area contributed by atoms with E-state index in [1.807, 2.05) is 17.9 Å². The number of nitrogens with one attached hydrogen (secondary N) is 1. The summed E-state index contributed by atoms with van der Waals surface area (Å²) >= 11 is 0. The highest BCUT2D eigenvalue weighted by Gasteiger charge is 2.35. The Bertz CT molecular complexity index is 692. The average molecular weight is 381 g/mol. The molecule has 0 saturated carbocycles. The van der Waals surface area contributed by atoms with Crippen molar-refractivity contribution in [2.45, 2.75) is 43.5 Å². The maximum Gasteiger partial charge on any atom is 0.280 e. The zero-order valence-corrected chi connectivity index (χ0v) is 16.4. The molecule has 0 unspecified atom stereocenters. The molecule has 2 aliphatic heterocycles. The number of sulfonamides is 1. The molecule has 2 saturated heterocycles. The van der Waals surface area contributed by atoms with E-state index in [0.29, 0.717) is 31.1 Å². The van der Waals surface area contributed by atoms with Gasteiger partial charge >= 0.3 is 0 Å². The molecule has 1 amide bonds. The second-order valence-corrected chi connectivity index (χ2v) is 9.27. The van der Waals surface area contributed by atoms with Gasteiger partial charge in [0, 0.05) is 13.1 Å². The number of carbonyl (C=O) groups is 1. The van der Waals surface area contributed by atoms with Gasteiger partial charge in [-0.25, -0.2) is 8.42 Å². The molecular formula is C19H30N3O3S+. The van der Waals surface area contributed by atoms with Crippen molar-refractivity contribution < 1.29 is 18.1 Å². The number of hydrogen-bond donors (Lipinski definition) is 1. The summed E-state index contributed by atoms with van der Waals surface area (Å²) in [4.78, 5) is 16.4. The third kappa shape index (κ3) is 4.27. The number of hydrogen-bond acceptors (Lipinski definition) is 3. The van der Waals surface area contributed by atoms with Crippen molar-refractivity contribution >= 4 is 15.9 Å². The summed E-state index contributed by atoms with van der Waals surface area (Å²) in [5.41, 5.74) is 0. The molecule has 1 atom stereocenters. The first-order valence-electron chi connectivity index (χ1n) is 9.69. The Balaban J connectivity index is 1.58.